The summed E-state index contributed by atoms with van der Waals surface area (Å²) in [5, 5.41) is 11.7. The van der Waals surface area contributed by atoms with E-state index in [2.05, 4.69) is 27.1 Å². The maximum absolute atomic E-state index is 13.5. The predicted octanol–water partition coefficient (Wildman–Crippen LogP) is 2.56. The van der Waals surface area contributed by atoms with Crippen molar-refractivity contribution in [2.24, 2.45) is 5.92 Å². The molecule has 0 spiro atoms. The monoisotopic (exact) mass is 566 g/mol. The van der Waals surface area contributed by atoms with Crippen molar-refractivity contribution >= 4 is 40.1 Å². The summed E-state index contributed by atoms with van der Waals surface area (Å²) in [6, 6.07) is 9.41. The number of carbonyl (C=O) groups is 2. The minimum Gasteiger partial charge on any atom is -0.497 e. The number of nitrogens with zero attached hydrogens (tertiary/aromatic N) is 6. The lowest BCUT2D eigenvalue weighted by atomic mass is 9.93. The summed E-state index contributed by atoms with van der Waals surface area (Å²) in [7, 11) is 0.165. The van der Waals surface area contributed by atoms with Gasteiger partial charge in [-0.05, 0) is 52.7 Å². The van der Waals surface area contributed by atoms with E-state index in [1.165, 1.54) is 22.7 Å². The molecule has 11 nitrogen and oxygen atoms in total. The molecule has 1 saturated heterocycles. The van der Waals surface area contributed by atoms with Crippen LogP contribution in [-0.4, -0.2) is 71.0 Å². The number of rotatable bonds is 10. The molecule has 3 aromatic rings. The van der Waals surface area contributed by atoms with Crippen LogP contribution in [0.15, 0.2) is 65.2 Å². The Hall–Kier alpha value is -3.84. The van der Waals surface area contributed by atoms with Gasteiger partial charge in [-0.2, -0.15) is 0 Å². The fourth-order valence-electron chi connectivity index (χ4n) is 4.53. The summed E-state index contributed by atoms with van der Waals surface area (Å²) < 4.78 is 25.4. The number of aromatic nitrogens is 5. The number of amides is 1. The molecular formula is C26H26N6O5S2. The molecule has 0 radical (unpaired) electrons. The van der Waals surface area contributed by atoms with Crippen LogP contribution in [0, 0.1) is 12.8 Å². The maximum atomic E-state index is 13.5. The Morgan fingerprint density at radius 1 is 1.28 bits per heavy atom. The van der Waals surface area contributed by atoms with Crippen molar-refractivity contribution < 1.29 is 23.3 Å². The molecule has 1 amide bonds. The fraction of sp³-hybridized carbons (Fsp3) is 0.308. The Morgan fingerprint density at radius 3 is 2.79 bits per heavy atom. The molecule has 4 heterocycles. The van der Waals surface area contributed by atoms with Crippen molar-refractivity contribution in [3.05, 3.63) is 77.2 Å². The third-order valence-electron chi connectivity index (χ3n) is 6.45. The van der Waals surface area contributed by atoms with Gasteiger partial charge in [0, 0.05) is 22.2 Å². The Kier molecular flexibility index (Phi) is 7.89. The minimum atomic E-state index is -1.45. The highest BCUT2D eigenvalue weighted by molar-refractivity contribution is 8.04. The highest BCUT2D eigenvalue weighted by Crippen LogP contribution is 2.47. The van der Waals surface area contributed by atoms with Gasteiger partial charge < -0.3 is 9.47 Å². The number of ether oxygens (including phenoxy) is 2. The molecule has 1 unspecified atom stereocenters. The van der Waals surface area contributed by atoms with Gasteiger partial charge in [0.1, 0.15) is 23.4 Å². The van der Waals surface area contributed by atoms with Gasteiger partial charge in [-0.3, -0.25) is 23.7 Å². The second kappa shape index (κ2) is 11.5. The van der Waals surface area contributed by atoms with Crippen LogP contribution in [-0.2, 0) is 31.7 Å². The van der Waals surface area contributed by atoms with Crippen LogP contribution in [0.4, 0.5) is 0 Å². The number of methoxy groups -OCH3 is 1. The summed E-state index contributed by atoms with van der Waals surface area (Å²) in [5.41, 5.74) is 2.47. The SMILES string of the molecule is C=CCOC(=O)C[C@@H]1C(=O)N2C(c3nnnn3Cc3ccc(OC)cc3C)=C(Sc3ccncc3)CS(=O)[C@H]12. The number of tetrazole rings is 1. The number of esters is 1. The van der Waals surface area contributed by atoms with E-state index in [4.69, 9.17) is 9.47 Å². The third kappa shape index (κ3) is 5.36. The first-order valence-electron chi connectivity index (χ1n) is 12.1. The molecular weight excluding hydrogens is 540 g/mol. The van der Waals surface area contributed by atoms with Crippen LogP contribution < -0.4 is 4.74 Å². The number of carbonyl (C=O) groups excluding carboxylic acids is 2. The molecule has 1 fully saturated rings. The van der Waals surface area contributed by atoms with E-state index in [1.807, 2.05) is 37.3 Å². The average molecular weight is 567 g/mol. The number of hydrogen-bond acceptors (Lipinski definition) is 10. The zero-order valence-corrected chi connectivity index (χ0v) is 23.0. The van der Waals surface area contributed by atoms with Crippen LogP contribution in [0.5, 0.6) is 5.75 Å². The van der Waals surface area contributed by atoms with Crippen molar-refractivity contribution in [1.82, 2.24) is 30.1 Å². The molecule has 0 aliphatic carbocycles. The molecule has 2 aliphatic rings. The smallest absolute Gasteiger partial charge is 0.307 e. The van der Waals surface area contributed by atoms with Gasteiger partial charge in [0.15, 0.2) is 5.82 Å². The van der Waals surface area contributed by atoms with Gasteiger partial charge in [0.05, 0.1) is 42.5 Å². The van der Waals surface area contributed by atoms with Gasteiger partial charge in [0.2, 0.25) is 5.91 Å². The second-order valence-electron chi connectivity index (χ2n) is 8.92. The first kappa shape index (κ1) is 26.8. The van der Waals surface area contributed by atoms with E-state index in [1.54, 1.807) is 24.2 Å². The number of thioether (sulfide) groups is 1. The molecule has 3 atom stereocenters. The second-order valence-corrected chi connectivity index (χ2v) is 11.6. The molecule has 2 aliphatic heterocycles. The molecule has 2 aromatic heterocycles. The molecule has 0 saturated carbocycles. The van der Waals surface area contributed by atoms with Crippen molar-refractivity contribution in [3.8, 4) is 5.75 Å². The Bertz CT molecular complexity index is 1470. The zero-order chi connectivity index (χ0) is 27.5. The fourth-order valence-corrected chi connectivity index (χ4v) is 7.53. The molecule has 5 rings (SSSR count). The molecule has 0 N–H and O–H groups in total. The van der Waals surface area contributed by atoms with Crippen molar-refractivity contribution in [2.45, 2.75) is 30.2 Å². The zero-order valence-electron chi connectivity index (χ0n) is 21.4. The third-order valence-corrected chi connectivity index (χ3v) is 9.38. The van der Waals surface area contributed by atoms with Gasteiger partial charge in [-0.25, -0.2) is 4.68 Å². The lowest BCUT2D eigenvalue weighted by Gasteiger charge is -2.49. The molecule has 1 aromatic carbocycles. The normalized spacial score (nSPS) is 20.3. The van der Waals surface area contributed by atoms with E-state index < -0.39 is 28.1 Å². The van der Waals surface area contributed by atoms with Crippen molar-refractivity contribution in [3.63, 3.8) is 0 Å². The largest absolute Gasteiger partial charge is 0.497 e. The van der Waals surface area contributed by atoms with Gasteiger partial charge in [-0.15, -0.1) is 5.10 Å². The summed E-state index contributed by atoms with van der Waals surface area (Å²) in [6.07, 6.45) is 4.64. The lowest BCUT2D eigenvalue weighted by Crippen LogP contribution is -2.64. The number of β-lactam (4-membered cyclic amide) rings is 1. The first-order chi connectivity index (χ1) is 18.9. The van der Waals surface area contributed by atoms with Crippen LogP contribution in [0.1, 0.15) is 23.4 Å². The first-order valence-corrected chi connectivity index (χ1v) is 14.3. The number of fused-ring (bicyclic) bond motifs is 1. The van der Waals surface area contributed by atoms with Crippen LogP contribution in [0.3, 0.4) is 0 Å². The van der Waals surface area contributed by atoms with Gasteiger partial charge in [0.25, 0.3) is 0 Å². The molecule has 202 valence electrons. The Labute approximate surface area is 231 Å². The van der Waals surface area contributed by atoms with E-state index in [-0.39, 0.29) is 24.7 Å². The van der Waals surface area contributed by atoms with Crippen molar-refractivity contribution in [2.75, 3.05) is 19.5 Å². The predicted molar refractivity (Wildman–Crippen MR) is 145 cm³/mol. The highest BCUT2D eigenvalue weighted by Gasteiger charge is 2.56. The van der Waals surface area contributed by atoms with E-state index in [0.29, 0.717) is 23.0 Å². The van der Waals surface area contributed by atoms with Crippen LogP contribution in [0.2, 0.25) is 0 Å². The minimum absolute atomic E-state index is 0.0502. The molecule has 39 heavy (non-hydrogen) atoms. The summed E-state index contributed by atoms with van der Waals surface area (Å²) in [6.45, 7) is 5.90. The Balaban J connectivity index is 1.52. The summed E-state index contributed by atoms with van der Waals surface area (Å²) in [4.78, 5) is 32.9. The summed E-state index contributed by atoms with van der Waals surface area (Å²) in [5.74, 6) is -0.297. The van der Waals surface area contributed by atoms with E-state index in [9.17, 15) is 13.8 Å². The summed E-state index contributed by atoms with van der Waals surface area (Å²) >= 11 is 1.39. The number of hydrogen-bond donors (Lipinski definition) is 0. The van der Waals surface area contributed by atoms with Gasteiger partial charge >= 0.3 is 5.97 Å². The quantitative estimate of drug-likeness (QED) is 0.205. The average Bonchev–Trinajstić information content (AvgIpc) is 3.39. The van der Waals surface area contributed by atoms with E-state index in [0.717, 1.165) is 21.8 Å². The lowest BCUT2D eigenvalue weighted by molar-refractivity contribution is -0.154. The number of aryl methyl sites for hydroxylation is 1. The molecule has 13 heteroatoms. The topological polar surface area (TPSA) is 129 Å². The number of pyridine rings is 1. The standard InChI is InChI=1S/C26H26N6O5S2/c1-4-11-37-22(33)13-20-25(34)32-23(21(15-39(35)26(20)32)38-19-7-9-27-10-8-19)24-28-29-30-31(24)14-17-5-6-18(36-3)12-16(17)2/h4-10,12,20,26H,1,11,13-15H2,2-3H3/t20-,26-,39?/m1/s1. The van der Waals surface area contributed by atoms with E-state index >= 15 is 0 Å². The van der Waals surface area contributed by atoms with Crippen molar-refractivity contribution in [1.29, 1.82) is 0 Å². The Morgan fingerprint density at radius 2 is 2.08 bits per heavy atom. The number of benzene rings is 1. The van der Waals surface area contributed by atoms with Crippen LogP contribution in [0.25, 0.3) is 5.70 Å². The molecule has 0 bridgehead atoms. The highest BCUT2D eigenvalue weighted by atomic mass is 32.2. The maximum Gasteiger partial charge on any atom is 0.307 e. The van der Waals surface area contributed by atoms with Gasteiger partial charge in [-0.1, -0.05) is 30.5 Å². The van der Waals surface area contributed by atoms with Crippen LogP contribution >= 0.6 is 11.8 Å².